The van der Waals surface area contributed by atoms with Gasteiger partial charge in [0.1, 0.15) is 0 Å². The highest BCUT2D eigenvalue weighted by Crippen LogP contribution is 2.05. The normalized spacial score (nSPS) is 20.7. The van der Waals surface area contributed by atoms with E-state index < -0.39 is 0 Å². The van der Waals surface area contributed by atoms with E-state index in [-0.39, 0.29) is 30.7 Å². The Kier molecular flexibility index (Phi) is 7.89. The first-order valence-electron chi connectivity index (χ1n) is 3.66. The monoisotopic (exact) mass is 214 g/mol. The summed E-state index contributed by atoms with van der Waals surface area (Å²) in [6, 6.07) is 0.428. The van der Waals surface area contributed by atoms with Crippen molar-refractivity contribution in [3.05, 3.63) is 0 Å². The predicted octanol–water partition coefficient (Wildman–Crippen LogP) is 0.670. The van der Waals surface area contributed by atoms with Gasteiger partial charge < -0.3 is 10.2 Å². The molecule has 1 amide bonds. The summed E-state index contributed by atoms with van der Waals surface area (Å²) in [6.07, 6.45) is 1.09. The van der Waals surface area contributed by atoms with Gasteiger partial charge in [-0.25, -0.2) is 0 Å². The van der Waals surface area contributed by atoms with Crippen LogP contribution in [0.2, 0.25) is 0 Å². The smallest absolute Gasteiger partial charge is 0.219 e. The molecule has 3 nitrogen and oxygen atoms in total. The molecule has 1 N–H and O–H groups in total. The van der Waals surface area contributed by atoms with Crippen molar-refractivity contribution in [3.8, 4) is 0 Å². The molecule has 1 fully saturated rings. The predicted molar refractivity (Wildman–Crippen MR) is 54.2 cm³/mol. The second-order valence-corrected chi connectivity index (χ2v) is 2.78. The molecule has 0 bridgehead atoms. The van der Waals surface area contributed by atoms with Gasteiger partial charge in [0.2, 0.25) is 5.91 Å². The van der Waals surface area contributed by atoms with E-state index in [0.29, 0.717) is 6.04 Å². The van der Waals surface area contributed by atoms with Crippen LogP contribution in [-0.2, 0) is 4.79 Å². The fourth-order valence-electron chi connectivity index (χ4n) is 1.23. The van der Waals surface area contributed by atoms with E-state index in [1.807, 2.05) is 7.05 Å². The van der Waals surface area contributed by atoms with Crippen LogP contribution in [0.3, 0.4) is 0 Å². The van der Waals surface area contributed by atoms with Gasteiger partial charge in [-0.15, -0.1) is 24.8 Å². The molecule has 74 valence electrons. The molecular weight excluding hydrogens is 199 g/mol. The van der Waals surface area contributed by atoms with Gasteiger partial charge in [-0.2, -0.15) is 0 Å². The highest BCUT2D eigenvalue weighted by atomic mass is 35.5. The summed E-state index contributed by atoms with van der Waals surface area (Å²) in [5, 5.41) is 3.21. The lowest BCUT2D eigenvalue weighted by atomic mass is 10.2. The van der Waals surface area contributed by atoms with Gasteiger partial charge >= 0.3 is 0 Å². The van der Waals surface area contributed by atoms with Gasteiger partial charge in [0.05, 0.1) is 0 Å². The van der Waals surface area contributed by atoms with E-state index in [1.165, 1.54) is 0 Å². The second kappa shape index (κ2) is 6.52. The molecule has 0 spiro atoms. The number of nitrogens with one attached hydrogen (secondary N) is 1. The van der Waals surface area contributed by atoms with Crippen molar-refractivity contribution in [1.29, 1.82) is 0 Å². The molecule has 0 aromatic heterocycles. The zero-order valence-electron chi connectivity index (χ0n) is 7.37. The van der Waals surface area contributed by atoms with E-state index >= 15 is 0 Å². The first-order chi connectivity index (χ1) is 4.72. The molecule has 0 unspecified atom stereocenters. The molecule has 1 aliphatic heterocycles. The molecule has 0 aromatic carbocycles. The SMILES string of the molecule is CC(=O)N(C)[C@H]1CCNC1.Cl.Cl. The van der Waals surface area contributed by atoms with Crippen LogP contribution in [-0.4, -0.2) is 37.0 Å². The molecule has 1 heterocycles. The van der Waals surface area contributed by atoms with Gasteiger partial charge in [0.15, 0.2) is 0 Å². The number of rotatable bonds is 1. The summed E-state index contributed by atoms with van der Waals surface area (Å²) in [5.41, 5.74) is 0. The van der Waals surface area contributed by atoms with Crippen LogP contribution in [0, 0.1) is 0 Å². The third-order valence-corrected chi connectivity index (χ3v) is 2.08. The van der Waals surface area contributed by atoms with Gasteiger partial charge in [0, 0.05) is 26.6 Å². The first kappa shape index (κ1) is 14.5. The Hall–Kier alpha value is 0.01000. The molecule has 1 saturated heterocycles. The van der Waals surface area contributed by atoms with Gasteiger partial charge in [0.25, 0.3) is 0 Å². The minimum atomic E-state index is 0. The molecule has 0 aromatic rings. The number of halogens is 2. The maximum atomic E-state index is 10.8. The summed E-state index contributed by atoms with van der Waals surface area (Å²) >= 11 is 0. The van der Waals surface area contributed by atoms with E-state index in [4.69, 9.17) is 0 Å². The van der Waals surface area contributed by atoms with E-state index in [9.17, 15) is 4.79 Å². The molecule has 0 saturated carbocycles. The van der Waals surface area contributed by atoms with Crippen LogP contribution in [0.15, 0.2) is 0 Å². The van der Waals surface area contributed by atoms with Crippen molar-refractivity contribution < 1.29 is 4.79 Å². The lowest BCUT2D eigenvalue weighted by molar-refractivity contribution is -0.129. The fraction of sp³-hybridized carbons (Fsp3) is 0.857. The number of hydrogen-bond donors (Lipinski definition) is 1. The van der Waals surface area contributed by atoms with Crippen molar-refractivity contribution in [2.45, 2.75) is 19.4 Å². The highest BCUT2D eigenvalue weighted by molar-refractivity contribution is 5.85. The van der Waals surface area contributed by atoms with Crippen LogP contribution in [0.4, 0.5) is 0 Å². The first-order valence-corrected chi connectivity index (χ1v) is 3.66. The van der Waals surface area contributed by atoms with Crippen molar-refractivity contribution in [2.75, 3.05) is 20.1 Å². The lowest BCUT2D eigenvalue weighted by Gasteiger charge is -2.21. The highest BCUT2D eigenvalue weighted by Gasteiger charge is 2.20. The standard InChI is InChI=1S/C7H14N2O.2ClH/c1-6(10)9(2)7-3-4-8-5-7;;/h7-8H,3-5H2,1-2H3;2*1H/t7-;;/m0../s1. The van der Waals surface area contributed by atoms with Crippen molar-refractivity contribution in [3.63, 3.8) is 0 Å². The van der Waals surface area contributed by atoms with Crippen LogP contribution >= 0.6 is 24.8 Å². The Morgan fingerprint density at radius 1 is 1.50 bits per heavy atom. The number of likely N-dealkylation sites (N-methyl/N-ethyl adjacent to an activating group) is 1. The Morgan fingerprint density at radius 3 is 2.42 bits per heavy atom. The molecule has 0 aliphatic carbocycles. The van der Waals surface area contributed by atoms with Crippen LogP contribution in [0.25, 0.3) is 0 Å². The fourth-order valence-corrected chi connectivity index (χ4v) is 1.23. The number of carbonyl (C=O) groups is 1. The summed E-state index contributed by atoms with van der Waals surface area (Å²) < 4.78 is 0. The van der Waals surface area contributed by atoms with E-state index in [2.05, 4.69) is 5.32 Å². The average molecular weight is 215 g/mol. The Labute approximate surface area is 85.7 Å². The Balaban J connectivity index is 0. The van der Waals surface area contributed by atoms with Crippen molar-refractivity contribution in [1.82, 2.24) is 10.2 Å². The third-order valence-electron chi connectivity index (χ3n) is 2.08. The quantitative estimate of drug-likeness (QED) is 0.697. The molecule has 12 heavy (non-hydrogen) atoms. The number of carbonyl (C=O) groups excluding carboxylic acids is 1. The van der Waals surface area contributed by atoms with Gasteiger partial charge in [-0.05, 0) is 13.0 Å². The molecule has 0 radical (unpaired) electrons. The number of amides is 1. The number of nitrogens with zero attached hydrogens (tertiary/aromatic N) is 1. The molecule has 5 heteroatoms. The average Bonchev–Trinajstić information content (AvgIpc) is 2.36. The molecule has 1 rings (SSSR count). The van der Waals surface area contributed by atoms with Crippen molar-refractivity contribution >= 4 is 30.7 Å². The van der Waals surface area contributed by atoms with Crippen LogP contribution in [0.1, 0.15) is 13.3 Å². The van der Waals surface area contributed by atoms with Gasteiger partial charge in [-0.3, -0.25) is 4.79 Å². The summed E-state index contributed by atoms with van der Waals surface area (Å²) in [4.78, 5) is 12.6. The Bertz CT molecular complexity index is 137. The molecular formula is C7H16Cl2N2O. The van der Waals surface area contributed by atoms with E-state index in [1.54, 1.807) is 11.8 Å². The second-order valence-electron chi connectivity index (χ2n) is 2.78. The minimum absolute atomic E-state index is 0. The Morgan fingerprint density at radius 2 is 2.08 bits per heavy atom. The largest absolute Gasteiger partial charge is 0.342 e. The van der Waals surface area contributed by atoms with Crippen LogP contribution < -0.4 is 5.32 Å². The zero-order valence-corrected chi connectivity index (χ0v) is 9.00. The molecule has 1 atom stereocenters. The topological polar surface area (TPSA) is 32.3 Å². The van der Waals surface area contributed by atoms with Crippen LogP contribution in [0.5, 0.6) is 0 Å². The van der Waals surface area contributed by atoms with Crippen molar-refractivity contribution in [2.24, 2.45) is 0 Å². The molecule has 1 aliphatic rings. The summed E-state index contributed by atoms with van der Waals surface area (Å²) in [5.74, 6) is 0.161. The lowest BCUT2D eigenvalue weighted by Crippen LogP contribution is -2.36. The minimum Gasteiger partial charge on any atom is -0.342 e. The summed E-state index contributed by atoms with van der Waals surface area (Å²) in [6.45, 7) is 3.61. The van der Waals surface area contributed by atoms with E-state index in [0.717, 1.165) is 19.5 Å². The number of hydrogen-bond acceptors (Lipinski definition) is 2. The zero-order chi connectivity index (χ0) is 7.56. The van der Waals surface area contributed by atoms with Gasteiger partial charge in [-0.1, -0.05) is 0 Å². The summed E-state index contributed by atoms with van der Waals surface area (Å²) in [7, 11) is 1.86. The maximum Gasteiger partial charge on any atom is 0.219 e. The maximum absolute atomic E-state index is 10.8. The third kappa shape index (κ3) is 3.61.